The molecule has 4 aromatic rings. The van der Waals surface area contributed by atoms with Crippen LogP contribution in [0.3, 0.4) is 0 Å². The van der Waals surface area contributed by atoms with Crippen LogP contribution in [0.15, 0.2) is 54.7 Å². The Morgan fingerprint density at radius 3 is 1.92 bits per heavy atom. The van der Waals surface area contributed by atoms with Crippen molar-refractivity contribution in [2.45, 2.75) is 50.5 Å². The SMILES string of the molecule is COC(Cc1[nH]c([C@H]2CCCN2)nc1-c1ccc(-c2ccc(-c3cnc([C@H]4CCCN4)[nH]3)cc2)cc1)OC. The molecule has 198 valence electrons. The number of aromatic nitrogens is 4. The average Bonchev–Trinajstić information content (AvgIpc) is 3.78. The lowest BCUT2D eigenvalue weighted by atomic mass is 10.0. The van der Waals surface area contributed by atoms with Gasteiger partial charge in [0.05, 0.1) is 29.7 Å². The van der Waals surface area contributed by atoms with Crippen molar-refractivity contribution in [1.29, 1.82) is 0 Å². The molecule has 2 aromatic heterocycles. The minimum Gasteiger partial charge on any atom is -0.356 e. The summed E-state index contributed by atoms with van der Waals surface area (Å²) < 4.78 is 11.0. The monoisotopic (exact) mass is 512 g/mol. The summed E-state index contributed by atoms with van der Waals surface area (Å²) in [4.78, 5) is 16.7. The Hall–Kier alpha value is -3.30. The van der Waals surface area contributed by atoms with Crippen LogP contribution in [0.5, 0.6) is 0 Å². The van der Waals surface area contributed by atoms with Gasteiger partial charge in [0.15, 0.2) is 6.29 Å². The Kier molecular flexibility index (Phi) is 7.38. The van der Waals surface area contributed by atoms with E-state index in [4.69, 9.17) is 14.5 Å². The van der Waals surface area contributed by atoms with Crippen molar-refractivity contribution < 1.29 is 9.47 Å². The van der Waals surface area contributed by atoms with Gasteiger partial charge in [-0.15, -0.1) is 0 Å². The number of imidazole rings is 2. The first kappa shape index (κ1) is 25.0. The number of hydrogen-bond acceptors (Lipinski definition) is 6. The van der Waals surface area contributed by atoms with Crippen molar-refractivity contribution in [3.63, 3.8) is 0 Å². The first-order chi connectivity index (χ1) is 18.7. The second kappa shape index (κ2) is 11.2. The number of hydrogen-bond donors (Lipinski definition) is 4. The maximum atomic E-state index is 5.48. The van der Waals surface area contributed by atoms with Crippen molar-refractivity contribution in [3.05, 3.63) is 72.1 Å². The molecule has 0 saturated carbocycles. The molecule has 0 bridgehead atoms. The fourth-order valence-electron chi connectivity index (χ4n) is 5.57. The summed E-state index contributed by atoms with van der Waals surface area (Å²) in [6, 6.07) is 17.9. The Morgan fingerprint density at radius 1 is 0.763 bits per heavy atom. The average molecular weight is 513 g/mol. The van der Waals surface area contributed by atoms with Gasteiger partial charge in [-0.2, -0.15) is 0 Å². The van der Waals surface area contributed by atoms with Gasteiger partial charge >= 0.3 is 0 Å². The van der Waals surface area contributed by atoms with Gasteiger partial charge < -0.3 is 30.1 Å². The largest absolute Gasteiger partial charge is 0.356 e. The zero-order valence-corrected chi connectivity index (χ0v) is 22.1. The lowest BCUT2D eigenvalue weighted by Gasteiger charge is -2.13. The molecule has 2 saturated heterocycles. The van der Waals surface area contributed by atoms with Gasteiger partial charge in [0.2, 0.25) is 0 Å². The van der Waals surface area contributed by atoms with E-state index in [1.165, 1.54) is 24.0 Å². The molecule has 2 aromatic carbocycles. The molecule has 38 heavy (non-hydrogen) atoms. The van der Waals surface area contributed by atoms with E-state index in [1.807, 2.05) is 6.20 Å². The van der Waals surface area contributed by atoms with Gasteiger partial charge in [0, 0.05) is 31.9 Å². The zero-order valence-electron chi connectivity index (χ0n) is 22.1. The molecule has 6 rings (SSSR count). The third-order valence-electron chi connectivity index (χ3n) is 7.76. The summed E-state index contributed by atoms with van der Waals surface area (Å²) in [5.41, 5.74) is 7.61. The molecule has 2 fully saturated rings. The van der Waals surface area contributed by atoms with Crippen LogP contribution in [-0.4, -0.2) is 53.5 Å². The molecule has 8 heteroatoms. The quantitative estimate of drug-likeness (QED) is 0.232. The van der Waals surface area contributed by atoms with Crippen molar-refractivity contribution in [2.75, 3.05) is 27.3 Å². The van der Waals surface area contributed by atoms with E-state index in [1.54, 1.807) is 14.2 Å². The lowest BCUT2D eigenvalue weighted by molar-refractivity contribution is -0.101. The second-order valence-corrected chi connectivity index (χ2v) is 10.2. The number of methoxy groups -OCH3 is 2. The molecule has 0 unspecified atom stereocenters. The predicted molar refractivity (Wildman–Crippen MR) is 149 cm³/mol. The molecule has 2 aliphatic rings. The van der Waals surface area contributed by atoms with Crippen molar-refractivity contribution in [3.8, 4) is 33.6 Å². The number of ether oxygens (including phenoxy) is 2. The van der Waals surface area contributed by atoms with Crippen LogP contribution >= 0.6 is 0 Å². The number of benzene rings is 2. The Morgan fingerprint density at radius 2 is 1.34 bits per heavy atom. The van der Waals surface area contributed by atoms with Gasteiger partial charge in [-0.1, -0.05) is 48.5 Å². The molecule has 0 amide bonds. The van der Waals surface area contributed by atoms with Gasteiger partial charge in [0.1, 0.15) is 11.6 Å². The number of H-pyrrole nitrogens is 2. The molecule has 4 N–H and O–H groups in total. The molecule has 0 spiro atoms. The fraction of sp³-hybridized carbons (Fsp3) is 0.400. The third-order valence-corrected chi connectivity index (χ3v) is 7.76. The van der Waals surface area contributed by atoms with Crippen molar-refractivity contribution >= 4 is 0 Å². The van der Waals surface area contributed by atoms with Crippen molar-refractivity contribution in [1.82, 2.24) is 30.6 Å². The molecular weight excluding hydrogens is 476 g/mol. The van der Waals surface area contributed by atoms with Gasteiger partial charge in [0.25, 0.3) is 0 Å². The number of nitrogens with one attached hydrogen (secondary N) is 4. The third kappa shape index (κ3) is 5.17. The number of aromatic amines is 2. The maximum Gasteiger partial charge on any atom is 0.162 e. The molecule has 2 aliphatic heterocycles. The van der Waals surface area contributed by atoms with E-state index in [0.717, 1.165) is 65.8 Å². The topological polar surface area (TPSA) is 99.9 Å². The fourth-order valence-corrected chi connectivity index (χ4v) is 5.57. The minimum atomic E-state index is -0.322. The summed E-state index contributed by atoms with van der Waals surface area (Å²) >= 11 is 0. The first-order valence-electron chi connectivity index (χ1n) is 13.6. The van der Waals surface area contributed by atoms with E-state index in [2.05, 4.69) is 74.1 Å². The van der Waals surface area contributed by atoms with Crippen LogP contribution in [0, 0.1) is 0 Å². The molecule has 8 nitrogen and oxygen atoms in total. The highest BCUT2D eigenvalue weighted by Crippen LogP contribution is 2.31. The van der Waals surface area contributed by atoms with Gasteiger partial charge in [-0.3, -0.25) is 0 Å². The highest BCUT2D eigenvalue weighted by Gasteiger charge is 2.24. The van der Waals surface area contributed by atoms with E-state index in [0.29, 0.717) is 12.5 Å². The predicted octanol–water partition coefficient (Wildman–Crippen LogP) is 5.14. The summed E-state index contributed by atoms with van der Waals surface area (Å²) in [5, 5.41) is 7.05. The number of rotatable bonds is 9. The Labute approximate surface area is 223 Å². The summed E-state index contributed by atoms with van der Waals surface area (Å²) in [6.07, 6.45) is 6.83. The zero-order chi connectivity index (χ0) is 25.9. The Balaban J connectivity index is 1.21. The van der Waals surface area contributed by atoms with Crippen LogP contribution in [0.2, 0.25) is 0 Å². The summed E-state index contributed by atoms with van der Waals surface area (Å²) in [7, 11) is 3.34. The normalized spacial score (nSPS) is 19.6. The molecule has 2 atom stereocenters. The maximum absolute atomic E-state index is 5.48. The molecule has 0 aliphatic carbocycles. The standard InChI is InChI=1S/C30H36N6O2/c1-37-27(38-2)17-25-28(36-30(34-25)24-6-4-16-32-24)22-13-9-20(10-14-22)19-7-11-21(12-8-19)26-18-33-29(35-26)23-5-3-15-31-23/h7-14,18,23-24,27,31-32H,3-6,15-17H2,1-2H3,(H,33,35)(H,34,36)/t23-,24-/m1/s1. The van der Waals surface area contributed by atoms with E-state index < -0.39 is 0 Å². The van der Waals surface area contributed by atoms with Gasteiger partial charge in [-0.25, -0.2) is 9.97 Å². The molecule has 4 heterocycles. The smallest absolute Gasteiger partial charge is 0.162 e. The first-order valence-corrected chi connectivity index (χ1v) is 13.6. The van der Waals surface area contributed by atoms with Crippen LogP contribution in [0.4, 0.5) is 0 Å². The van der Waals surface area contributed by atoms with E-state index >= 15 is 0 Å². The Bertz CT molecular complexity index is 1330. The van der Waals surface area contributed by atoms with Crippen LogP contribution in [0.25, 0.3) is 33.6 Å². The van der Waals surface area contributed by atoms with Gasteiger partial charge in [-0.05, 0) is 55.5 Å². The van der Waals surface area contributed by atoms with Crippen LogP contribution in [-0.2, 0) is 15.9 Å². The molecule has 0 radical (unpaired) electrons. The van der Waals surface area contributed by atoms with E-state index in [-0.39, 0.29) is 12.3 Å². The van der Waals surface area contributed by atoms with Crippen LogP contribution in [0.1, 0.15) is 55.1 Å². The van der Waals surface area contributed by atoms with Crippen LogP contribution < -0.4 is 10.6 Å². The lowest BCUT2D eigenvalue weighted by Crippen LogP contribution is -2.17. The highest BCUT2D eigenvalue weighted by molar-refractivity contribution is 5.72. The van der Waals surface area contributed by atoms with E-state index in [9.17, 15) is 0 Å². The molecular formula is C30H36N6O2. The summed E-state index contributed by atoms with van der Waals surface area (Å²) in [6.45, 7) is 2.09. The number of nitrogens with zero attached hydrogens (tertiary/aromatic N) is 2. The van der Waals surface area contributed by atoms with Crippen molar-refractivity contribution in [2.24, 2.45) is 0 Å². The summed E-state index contributed by atoms with van der Waals surface area (Å²) in [5.74, 6) is 2.02. The minimum absolute atomic E-state index is 0.268. The highest BCUT2D eigenvalue weighted by atomic mass is 16.7. The second-order valence-electron chi connectivity index (χ2n) is 10.2.